The second-order valence-corrected chi connectivity index (χ2v) is 6.76. The molecular formula is C18H26N4O. The molecule has 0 spiro atoms. The summed E-state index contributed by atoms with van der Waals surface area (Å²) in [6, 6.07) is 4.57. The van der Waals surface area contributed by atoms with Gasteiger partial charge in [-0.3, -0.25) is 0 Å². The van der Waals surface area contributed by atoms with Gasteiger partial charge in [0, 0.05) is 37.9 Å². The van der Waals surface area contributed by atoms with Gasteiger partial charge in [-0.25, -0.2) is 9.97 Å². The number of pyridine rings is 1. The van der Waals surface area contributed by atoms with Crippen molar-refractivity contribution in [1.29, 1.82) is 0 Å². The van der Waals surface area contributed by atoms with Gasteiger partial charge in [-0.1, -0.05) is 6.92 Å². The number of rotatable bonds is 3. The van der Waals surface area contributed by atoms with Crippen LogP contribution < -0.4 is 0 Å². The van der Waals surface area contributed by atoms with E-state index in [1.54, 1.807) is 0 Å². The third kappa shape index (κ3) is 2.88. The number of imidazole rings is 1. The molecule has 0 aliphatic carbocycles. The van der Waals surface area contributed by atoms with Crippen LogP contribution >= 0.6 is 0 Å². The molecular weight excluding hydrogens is 288 g/mol. The van der Waals surface area contributed by atoms with E-state index in [-0.39, 0.29) is 0 Å². The van der Waals surface area contributed by atoms with E-state index in [1.165, 1.54) is 25.2 Å². The minimum absolute atomic E-state index is 0.482. The van der Waals surface area contributed by atoms with Crippen LogP contribution in [0.5, 0.6) is 0 Å². The van der Waals surface area contributed by atoms with E-state index in [2.05, 4.69) is 27.4 Å². The predicted molar refractivity (Wildman–Crippen MR) is 90.7 cm³/mol. The molecule has 0 bridgehead atoms. The zero-order valence-electron chi connectivity index (χ0n) is 13.9. The van der Waals surface area contributed by atoms with Crippen molar-refractivity contribution >= 4 is 11.2 Å². The molecule has 0 aromatic carbocycles. The normalized spacial score (nSPS) is 24.3. The van der Waals surface area contributed by atoms with Crippen LogP contribution in [0.3, 0.4) is 0 Å². The molecule has 2 aliphatic rings. The summed E-state index contributed by atoms with van der Waals surface area (Å²) in [4.78, 5) is 12.2. The molecule has 4 heterocycles. The first-order valence-corrected chi connectivity index (χ1v) is 8.99. The highest BCUT2D eigenvalue weighted by atomic mass is 16.5. The molecule has 23 heavy (non-hydrogen) atoms. The van der Waals surface area contributed by atoms with Gasteiger partial charge in [0.1, 0.15) is 11.3 Å². The fraction of sp³-hybridized carbons (Fsp3) is 0.667. The van der Waals surface area contributed by atoms with Crippen molar-refractivity contribution < 1.29 is 4.74 Å². The Morgan fingerprint density at radius 1 is 1.26 bits per heavy atom. The van der Waals surface area contributed by atoms with Gasteiger partial charge in [-0.05, 0) is 50.9 Å². The average Bonchev–Trinajstić information content (AvgIpc) is 3.02. The maximum absolute atomic E-state index is 5.57. The molecule has 1 unspecified atom stereocenters. The molecule has 0 saturated carbocycles. The second-order valence-electron chi connectivity index (χ2n) is 6.76. The topological polar surface area (TPSA) is 43.2 Å². The van der Waals surface area contributed by atoms with E-state index in [1.807, 2.05) is 12.3 Å². The Balaban J connectivity index is 1.75. The van der Waals surface area contributed by atoms with Crippen LogP contribution in [0, 0.1) is 0 Å². The monoisotopic (exact) mass is 314 g/mol. The second kappa shape index (κ2) is 6.57. The first-order chi connectivity index (χ1) is 11.4. The van der Waals surface area contributed by atoms with Crippen LogP contribution in [-0.2, 0) is 4.74 Å². The lowest BCUT2D eigenvalue weighted by Gasteiger charge is -2.33. The molecule has 124 valence electrons. The number of hydrogen-bond donors (Lipinski definition) is 0. The zero-order valence-corrected chi connectivity index (χ0v) is 13.9. The number of likely N-dealkylation sites (N-methyl/N-ethyl adjacent to an activating group) is 1. The standard InChI is InChI=1S/C18H26N4O/c1-2-21-10-4-5-14(13-21)17-20-16-6-3-9-19-18(16)22(17)15-7-11-23-12-8-15/h3,6,9,14-15H,2,4-5,7-8,10-13H2,1H3. The van der Waals surface area contributed by atoms with Gasteiger partial charge >= 0.3 is 0 Å². The molecule has 5 nitrogen and oxygen atoms in total. The van der Waals surface area contributed by atoms with Gasteiger partial charge in [0.25, 0.3) is 0 Å². The molecule has 2 aromatic rings. The molecule has 0 N–H and O–H groups in total. The van der Waals surface area contributed by atoms with Crippen molar-refractivity contribution in [2.45, 2.75) is 44.6 Å². The number of ether oxygens (including phenoxy) is 1. The van der Waals surface area contributed by atoms with E-state index in [4.69, 9.17) is 9.72 Å². The Morgan fingerprint density at radius 2 is 2.13 bits per heavy atom. The van der Waals surface area contributed by atoms with E-state index in [0.29, 0.717) is 12.0 Å². The van der Waals surface area contributed by atoms with Gasteiger partial charge in [-0.2, -0.15) is 0 Å². The number of likely N-dealkylation sites (tertiary alicyclic amines) is 1. The minimum atomic E-state index is 0.482. The van der Waals surface area contributed by atoms with Gasteiger partial charge in [0.15, 0.2) is 5.65 Å². The fourth-order valence-corrected chi connectivity index (χ4v) is 4.09. The third-order valence-corrected chi connectivity index (χ3v) is 5.35. The highest BCUT2D eigenvalue weighted by Crippen LogP contribution is 2.33. The number of hydrogen-bond acceptors (Lipinski definition) is 4. The highest BCUT2D eigenvalue weighted by molar-refractivity contribution is 5.71. The first-order valence-electron chi connectivity index (χ1n) is 8.99. The van der Waals surface area contributed by atoms with Crippen molar-refractivity contribution in [2.75, 3.05) is 32.8 Å². The number of aromatic nitrogens is 3. The summed E-state index contributed by atoms with van der Waals surface area (Å²) in [7, 11) is 0. The quantitative estimate of drug-likeness (QED) is 0.873. The van der Waals surface area contributed by atoms with E-state index in [0.717, 1.165) is 50.3 Å². The Bertz CT molecular complexity index is 662. The van der Waals surface area contributed by atoms with Gasteiger partial charge < -0.3 is 14.2 Å². The molecule has 2 aromatic heterocycles. The van der Waals surface area contributed by atoms with Crippen molar-refractivity contribution in [1.82, 2.24) is 19.4 Å². The van der Waals surface area contributed by atoms with Crippen molar-refractivity contribution in [2.24, 2.45) is 0 Å². The van der Waals surface area contributed by atoms with Crippen LogP contribution in [0.2, 0.25) is 0 Å². The van der Waals surface area contributed by atoms with Crippen LogP contribution in [0.4, 0.5) is 0 Å². The summed E-state index contributed by atoms with van der Waals surface area (Å²) in [6.45, 7) is 7.44. The molecule has 0 amide bonds. The summed E-state index contributed by atoms with van der Waals surface area (Å²) in [5.41, 5.74) is 2.10. The summed E-state index contributed by atoms with van der Waals surface area (Å²) >= 11 is 0. The van der Waals surface area contributed by atoms with E-state index >= 15 is 0 Å². The lowest BCUT2D eigenvalue weighted by atomic mass is 9.96. The first kappa shape index (κ1) is 15.1. The van der Waals surface area contributed by atoms with Crippen LogP contribution in [-0.4, -0.2) is 52.3 Å². The largest absolute Gasteiger partial charge is 0.381 e. The Morgan fingerprint density at radius 3 is 2.96 bits per heavy atom. The Kier molecular flexibility index (Phi) is 4.31. The molecule has 2 aliphatic heterocycles. The lowest BCUT2D eigenvalue weighted by molar-refractivity contribution is 0.0688. The average molecular weight is 314 g/mol. The maximum atomic E-state index is 5.57. The summed E-state index contributed by atoms with van der Waals surface area (Å²) < 4.78 is 8.01. The zero-order chi connectivity index (χ0) is 15.6. The summed E-state index contributed by atoms with van der Waals surface area (Å²) in [5, 5.41) is 0. The molecule has 5 heteroatoms. The number of fused-ring (bicyclic) bond motifs is 1. The molecule has 4 rings (SSSR count). The fourth-order valence-electron chi connectivity index (χ4n) is 4.09. The molecule has 1 atom stereocenters. The minimum Gasteiger partial charge on any atom is -0.381 e. The maximum Gasteiger partial charge on any atom is 0.160 e. The van der Waals surface area contributed by atoms with Crippen LogP contribution in [0.25, 0.3) is 11.2 Å². The predicted octanol–water partition coefficient (Wildman–Crippen LogP) is 2.98. The SMILES string of the molecule is CCN1CCCC(c2nc3cccnc3n2C2CCOCC2)C1. The smallest absolute Gasteiger partial charge is 0.160 e. The molecule has 2 saturated heterocycles. The number of piperidine rings is 1. The van der Waals surface area contributed by atoms with Crippen LogP contribution in [0.1, 0.15) is 50.4 Å². The Hall–Kier alpha value is -1.46. The molecule has 0 radical (unpaired) electrons. The highest BCUT2D eigenvalue weighted by Gasteiger charge is 2.29. The summed E-state index contributed by atoms with van der Waals surface area (Å²) in [5.74, 6) is 1.78. The summed E-state index contributed by atoms with van der Waals surface area (Å²) in [6.07, 6.45) is 6.54. The third-order valence-electron chi connectivity index (χ3n) is 5.35. The van der Waals surface area contributed by atoms with Gasteiger partial charge in [0.05, 0.1) is 0 Å². The van der Waals surface area contributed by atoms with E-state index < -0.39 is 0 Å². The number of nitrogens with zero attached hydrogens (tertiary/aromatic N) is 4. The van der Waals surface area contributed by atoms with Crippen molar-refractivity contribution in [3.63, 3.8) is 0 Å². The van der Waals surface area contributed by atoms with Crippen molar-refractivity contribution in [3.8, 4) is 0 Å². The van der Waals surface area contributed by atoms with Gasteiger partial charge in [-0.15, -0.1) is 0 Å². The van der Waals surface area contributed by atoms with Crippen molar-refractivity contribution in [3.05, 3.63) is 24.2 Å². The van der Waals surface area contributed by atoms with Crippen LogP contribution in [0.15, 0.2) is 18.3 Å². The van der Waals surface area contributed by atoms with E-state index in [9.17, 15) is 0 Å². The lowest BCUT2D eigenvalue weighted by Crippen LogP contribution is -2.35. The van der Waals surface area contributed by atoms with Gasteiger partial charge in [0.2, 0.25) is 0 Å². The molecule has 2 fully saturated rings. The Labute approximate surface area is 137 Å².